The Bertz CT molecular complexity index is 627. The third kappa shape index (κ3) is 4.13. The molecule has 2 aromatic rings. The monoisotopic (exact) mass is 308 g/mol. The Morgan fingerprint density at radius 2 is 2.29 bits per heavy atom. The number of benzene rings is 1. The fourth-order valence-corrected chi connectivity index (χ4v) is 1.97. The smallest absolute Gasteiger partial charge is 0.243 e. The topological polar surface area (TPSA) is 68.2 Å². The minimum atomic E-state index is -0.173. The van der Waals surface area contributed by atoms with Gasteiger partial charge in [-0.05, 0) is 25.1 Å². The number of nitrogens with one attached hydrogen (secondary N) is 2. The Balaban J connectivity index is 1.93. The Morgan fingerprint density at radius 3 is 2.95 bits per heavy atom. The number of hydrogen-bond acceptors (Lipinski definition) is 4. The molecule has 0 aliphatic heterocycles. The molecule has 1 heterocycles. The van der Waals surface area contributed by atoms with Crippen LogP contribution in [0.25, 0.3) is 0 Å². The van der Waals surface area contributed by atoms with Crippen LogP contribution in [-0.4, -0.2) is 29.3 Å². The van der Waals surface area contributed by atoms with Crippen molar-refractivity contribution in [1.82, 2.24) is 9.78 Å². The number of halogens is 1. The molecular formula is C14H17ClN4O2. The molecule has 0 aliphatic carbocycles. The van der Waals surface area contributed by atoms with Gasteiger partial charge in [-0.15, -0.1) is 0 Å². The number of nitrogens with zero attached hydrogens (tertiary/aromatic N) is 2. The summed E-state index contributed by atoms with van der Waals surface area (Å²) >= 11 is 5.93. The highest BCUT2D eigenvalue weighted by atomic mass is 35.5. The predicted molar refractivity (Wildman–Crippen MR) is 83.0 cm³/mol. The maximum absolute atomic E-state index is 11.9. The summed E-state index contributed by atoms with van der Waals surface area (Å²) in [5.41, 5.74) is 1.34. The molecule has 112 valence electrons. The molecular weight excluding hydrogens is 292 g/mol. The van der Waals surface area contributed by atoms with E-state index in [0.29, 0.717) is 22.1 Å². The van der Waals surface area contributed by atoms with E-state index in [-0.39, 0.29) is 12.5 Å². The predicted octanol–water partition coefficient (Wildman–Crippen LogP) is 2.62. The Kier molecular flexibility index (Phi) is 5.05. The van der Waals surface area contributed by atoms with Crippen molar-refractivity contribution in [3.63, 3.8) is 0 Å². The van der Waals surface area contributed by atoms with Crippen molar-refractivity contribution in [3.05, 3.63) is 35.6 Å². The second-order valence-corrected chi connectivity index (χ2v) is 4.77. The van der Waals surface area contributed by atoms with E-state index in [9.17, 15) is 4.79 Å². The first kappa shape index (κ1) is 15.2. The van der Waals surface area contributed by atoms with Crippen molar-refractivity contribution in [3.8, 4) is 5.75 Å². The summed E-state index contributed by atoms with van der Waals surface area (Å²) in [4.78, 5) is 11.9. The lowest BCUT2D eigenvalue weighted by Gasteiger charge is -2.11. The number of carbonyl (C=O) groups excluding carboxylic acids is 1. The first-order chi connectivity index (χ1) is 10.1. The Morgan fingerprint density at radius 1 is 1.48 bits per heavy atom. The normalized spacial score (nSPS) is 10.2. The van der Waals surface area contributed by atoms with E-state index in [2.05, 4.69) is 15.7 Å². The van der Waals surface area contributed by atoms with Crippen molar-refractivity contribution in [1.29, 1.82) is 0 Å². The molecule has 0 fully saturated rings. The summed E-state index contributed by atoms with van der Waals surface area (Å²) in [6.07, 6.45) is 3.39. The van der Waals surface area contributed by atoms with E-state index in [0.717, 1.165) is 6.54 Å². The lowest BCUT2D eigenvalue weighted by molar-refractivity contribution is -0.114. The molecule has 1 aromatic carbocycles. The number of aryl methyl sites for hydroxylation is 1. The van der Waals surface area contributed by atoms with Crippen molar-refractivity contribution in [2.24, 2.45) is 0 Å². The number of anilines is 2. The van der Waals surface area contributed by atoms with Crippen LogP contribution in [0.4, 0.5) is 11.4 Å². The summed E-state index contributed by atoms with van der Waals surface area (Å²) in [6, 6.07) is 5.18. The Labute approximate surface area is 128 Å². The van der Waals surface area contributed by atoms with Gasteiger partial charge < -0.3 is 15.4 Å². The minimum Gasteiger partial charge on any atom is -0.495 e. The third-order valence-electron chi connectivity index (χ3n) is 2.84. The third-order valence-corrected chi connectivity index (χ3v) is 3.08. The van der Waals surface area contributed by atoms with E-state index < -0.39 is 0 Å². The second kappa shape index (κ2) is 6.99. The van der Waals surface area contributed by atoms with E-state index in [1.807, 2.05) is 6.92 Å². The highest BCUT2D eigenvalue weighted by Gasteiger charge is 2.07. The van der Waals surface area contributed by atoms with Crippen LogP contribution >= 0.6 is 11.6 Å². The fourth-order valence-electron chi connectivity index (χ4n) is 1.80. The summed E-state index contributed by atoms with van der Waals surface area (Å²) < 4.78 is 6.94. The molecule has 0 bridgehead atoms. The van der Waals surface area contributed by atoms with Crippen molar-refractivity contribution >= 4 is 28.9 Å². The molecule has 1 aromatic heterocycles. The molecule has 0 saturated heterocycles. The van der Waals surface area contributed by atoms with Crippen LogP contribution < -0.4 is 15.4 Å². The number of ether oxygens (including phenoxy) is 1. The lowest BCUT2D eigenvalue weighted by Crippen LogP contribution is -2.21. The molecule has 2 rings (SSSR count). The molecule has 0 atom stereocenters. The summed E-state index contributed by atoms with van der Waals surface area (Å²) in [5.74, 6) is 0.457. The quantitative estimate of drug-likeness (QED) is 0.861. The first-order valence-corrected chi connectivity index (χ1v) is 6.90. The standard InChI is InChI=1S/C14H17ClN4O2/c1-3-19-9-11(7-17-19)18-14(20)8-16-12-6-10(15)4-5-13(12)21-2/h4-7,9,16H,3,8H2,1-2H3,(H,18,20). The summed E-state index contributed by atoms with van der Waals surface area (Å²) in [5, 5.41) is 10.4. The molecule has 0 spiro atoms. The minimum absolute atomic E-state index is 0.105. The maximum Gasteiger partial charge on any atom is 0.243 e. The van der Waals surface area contributed by atoms with Crippen LogP contribution in [0.3, 0.4) is 0 Å². The van der Waals surface area contributed by atoms with Crippen LogP contribution in [0.1, 0.15) is 6.92 Å². The SMILES string of the molecule is CCn1cc(NC(=O)CNc2cc(Cl)ccc2OC)cn1. The summed E-state index contributed by atoms with van der Waals surface area (Å²) in [7, 11) is 1.56. The van der Waals surface area contributed by atoms with Crippen molar-refractivity contribution in [2.75, 3.05) is 24.3 Å². The lowest BCUT2D eigenvalue weighted by atomic mass is 10.3. The number of hydrogen-bond donors (Lipinski definition) is 2. The Hall–Kier alpha value is -2.21. The molecule has 0 aliphatic rings. The van der Waals surface area contributed by atoms with Crippen molar-refractivity contribution < 1.29 is 9.53 Å². The number of carbonyl (C=O) groups is 1. The van der Waals surface area contributed by atoms with Crippen LogP contribution in [0.5, 0.6) is 5.75 Å². The van der Waals surface area contributed by atoms with E-state index >= 15 is 0 Å². The number of methoxy groups -OCH3 is 1. The van der Waals surface area contributed by atoms with Gasteiger partial charge >= 0.3 is 0 Å². The van der Waals surface area contributed by atoms with Crippen LogP contribution in [-0.2, 0) is 11.3 Å². The number of amides is 1. The molecule has 21 heavy (non-hydrogen) atoms. The fraction of sp³-hybridized carbons (Fsp3) is 0.286. The molecule has 1 amide bonds. The van der Waals surface area contributed by atoms with Crippen molar-refractivity contribution in [2.45, 2.75) is 13.5 Å². The number of aromatic nitrogens is 2. The van der Waals surface area contributed by atoms with Gasteiger partial charge in [-0.25, -0.2) is 0 Å². The first-order valence-electron chi connectivity index (χ1n) is 6.52. The van der Waals surface area contributed by atoms with Gasteiger partial charge in [0, 0.05) is 17.8 Å². The molecule has 2 N–H and O–H groups in total. The van der Waals surface area contributed by atoms with Gasteiger partial charge in [0.1, 0.15) is 5.75 Å². The average Bonchev–Trinajstić information content (AvgIpc) is 2.93. The largest absolute Gasteiger partial charge is 0.495 e. The molecule has 7 heteroatoms. The zero-order valence-corrected chi connectivity index (χ0v) is 12.6. The van der Waals surface area contributed by atoms with Crippen LogP contribution in [0.15, 0.2) is 30.6 Å². The zero-order chi connectivity index (χ0) is 15.2. The molecule has 6 nitrogen and oxygen atoms in total. The van der Waals surface area contributed by atoms with Crippen LogP contribution in [0, 0.1) is 0 Å². The van der Waals surface area contributed by atoms with Gasteiger partial charge in [-0.2, -0.15) is 5.10 Å². The highest BCUT2D eigenvalue weighted by Crippen LogP contribution is 2.27. The highest BCUT2D eigenvalue weighted by molar-refractivity contribution is 6.30. The maximum atomic E-state index is 11.9. The summed E-state index contributed by atoms with van der Waals surface area (Å²) in [6.45, 7) is 2.84. The molecule has 0 unspecified atom stereocenters. The van der Waals surface area contributed by atoms with Gasteiger partial charge in [-0.1, -0.05) is 11.6 Å². The van der Waals surface area contributed by atoms with Gasteiger partial charge in [0.2, 0.25) is 5.91 Å². The molecule has 0 radical (unpaired) electrons. The van der Waals surface area contributed by atoms with Gasteiger partial charge in [0.15, 0.2) is 0 Å². The van der Waals surface area contributed by atoms with Gasteiger partial charge in [0.05, 0.1) is 31.2 Å². The second-order valence-electron chi connectivity index (χ2n) is 4.33. The van der Waals surface area contributed by atoms with E-state index in [1.54, 1.807) is 42.4 Å². The number of rotatable bonds is 6. The zero-order valence-electron chi connectivity index (χ0n) is 11.9. The average molecular weight is 309 g/mol. The van der Waals surface area contributed by atoms with E-state index in [4.69, 9.17) is 16.3 Å². The molecule has 0 saturated carbocycles. The van der Waals surface area contributed by atoms with Gasteiger partial charge in [0.25, 0.3) is 0 Å². The van der Waals surface area contributed by atoms with Crippen LogP contribution in [0.2, 0.25) is 5.02 Å². The van der Waals surface area contributed by atoms with E-state index in [1.165, 1.54) is 0 Å². The van der Waals surface area contributed by atoms with Gasteiger partial charge in [-0.3, -0.25) is 9.48 Å².